The number of likely N-dealkylation sites (tertiary alicyclic amines) is 1. The number of hydrogen-bond acceptors (Lipinski definition) is 4. The van der Waals surface area contributed by atoms with Crippen molar-refractivity contribution in [3.8, 4) is 5.75 Å². The van der Waals surface area contributed by atoms with Crippen LogP contribution in [0.1, 0.15) is 30.4 Å². The van der Waals surface area contributed by atoms with E-state index < -0.39 is 17.6 Å². The summed E-state index contributed by atoms with van der Waals surface area (Å²) in [4.78, 5) is 31.0. The molecule has 0 saturated carbocycles. The zero-order valence-corrected chi connectivity index (χ0v) is 14.6. The van der Waals surface area contributed by atoms with Crippen molar-refractivity contribution in [1.82, 2.24) is 9.88 Å². The monoisotopic (exact) mass is 351 g/mol. The van der Waals surface area contributed by atoms with Gasteiger partial charge < -0.3 is 15.4 Å². The Morgan fingerprint density at radius 2 is 2.04 bits per heavy atom. The summed E-state index contributed by atoms with van der Waals surface area (Å²) in [7, 11) is 0. The van der Waals surface area contributed by atoms with Crippen molar-refractivity contribution in [2.75, 3.05) is 6.54 Å². The normalized spacial score (nSPS) is 26.8. The number of carbonyl (C=O) groups excluding carboxylic acids is 2. The molecule has 1 saturated heterocycles. The number of nitrogens with zero attached hydrogens (tertiary/aromatic N) is 2. The predicted octanol–water partition coefficient (Wildman–Crippen LogP) is 1.85. The van der Waals surface area contributed by atoms with E-state index in [2.05, 4.69) is 4.98 Å². The van der Waals surface area contributed by atoms with E-state index in [9.17, 15) is 9.59 Å². The van der Waals surface area contributed by atoms with Crippen LogP contribution in [0.4, 0.5) is 0 Å². The summed E-state index contributed by atoms with van der Waals surface area (Å²) in [5, 5.41) is 0. The Bertz CT molecular complexity index is 854. The predicted molar refractivity (Wildman–Crippen MR) is 95.2 cm³/mol. The SMILES string of the molecule is CC12CC(c3ccccc3O1)C(C(N)=O)C(=O)N2CCc1ccncc1. The van der Waals surface area contributed by atoms with Crippen LogP contribution in [0.25, 0.3) is 0 Å². The van der Waals surface area contributed by atoms with E-state index in [0.717, 1.165) is 16.9 Å². The first-order valence-corrected chi connectivity index (χ1v) is 8.77. The van der Waals surface area contributed by atoms with Gasteiger partial charge in [-0.05, 0) is 42.7 Å². The van der Waals surface area contributed by atoms with Gasteiger partial charge in [-0.25, -0.2) is 0 Å². The van der Waals surface area contributed by atoms with Gasteiger partial charge in [-0.2, -0.15) is 0 Å². The molecule has 2 N–H and O–H groups in total. The van der Waals surface area contributed by atoms with Gasteiger partial charge in [0.25, 0.3) is 0 Å². The molecular weight excluding hydrogens is 330 g/mol. The molecule has 2 amide bonds. The molecule has 3 atom stereocenters. The molecule has 1 aromatic heterocycles. The summed E-state index contributed by atoms with van der Waals surface area (Å²) in [6, 6.07) is 11.4. The lowest BCUT2D eigenvalue weighted by molar-refractivity contribution is -0.175. The van der Waals surface area contributed by atoms with E-state index in [-0.39, 0.29) is 11.8 Å². The summed E-state index contributed by atoms with van der Waals surface area (Å²) in [5.74, 6) is -1.20. The van der Waals surface area contributed by atoms with E-state index in [4.69, 9.17) is 10.5 Å². The number of fused-ring (bicyclic) bond motifs is 4. The van der Waals surface area contributed by atoms with E-state index in [1.54, 1.807) is 17.3 Å². The highest BCUT2D eigenvalue weighted by Crippen LogP contribution is 2.49. The van der Waals surface area contributed by atoms with Gasteiger partial charge in [0.2, 0.25) is 11.8 Å². The van der Waals surface area contributed by atoms with Crippen LogP contribution >= 0.6 is 0 Å². The van der Waals surface area contributed by atoms with E-state index in [1.807, 2.05) is 43.3 Å². The molecule has 0 spiro atoms. The van der Waals surface area contributed by atoms with Gasteiger partial charge in [0.15, 0.2) is 5.72 Å². The number of amides is 2. The molecule has 4 rings (SSSR count). The van der Waals surface area contributed by atoms with E-state index in [1.165, 1.54) is 0 Å². The van der Waals surface area contributed by atoms with Gasteiger partial charge in [-0.15, -0.1) is 0 Å². The Kier molecular flexibility index (Phi) is 3.90. The molecule has 0 aliphatic carbocycles. The lowest BCUT2D eigenvalue weighted by Gasteiger charge is -2.52. The Balaban J connectivity index is 1.69. The van der Waals surface area contributed by atoms with Crippen LogP contribution in [-0.4, -0.2) is 34.0 Å². The number of aromatic nitrogens is 1. The van der Waals surface area contributed by atoms with Crippen molar-refractivity contribution in [3.63, 3.8) is 0 Å². The number of para-hydroxylation sites is 1. The number of nitrogens with two attached hydrogens (primary N) is 1. The van der Waals surface area contributed by atoms with Gasteiger partial charge in [0, 0.05) is 31.3 Å². The lowest BCUT2D eigenvalue weighted by atomic mass is 9.73. The minimum absolute atomic E-state index is 0.243. The maximum absolute atomic E-state index is 13.1. The Hall–Kier alpha value is -2.89. The first-order chi connectivity index (χ1) is 12.5. The molecule has 2 bridgehead atoms. The lowest BCUT2D eigenvalue weighted by Crippen LogP contribution is -2.64. The maximum Gasteiger partial charge on any atom is 0.238 e. The fourth-order valence-corrected chi connectivity index (χ4v) is 4.17. The summed E-state index contributed by atoms with van der Waals surface area (Å²) in [5.41, 5.74) is 6.80. The number of primary amides is 1. The quantitative estimate of drug-likeness (QED) is 0.852. The van der Waals surface area contributed by atoms with Crippen LogP contribution in [0.3, 0.4) is 0 Å². The standard InChI is InChI=1S/C20H21N3O3/c1-20-12-15(14-4-2-3-5-16(14)26-20)17(18(21)24)19(25)23(20)11-8-13-6-9-22-10-7-13/h2-7,9-10,15,17H,8,11-12H2,1H3,(H2,21,24). The zero-order chi connectivity index (χ0) is 18.3. The Labute approximate surface area is 152 Å². The van der Waals surface area contributed by atoms with Crippen molar-refractivity contribution in [2.24, 2.45) is 11.7 Å². The van der Waals surface area contributed by atoms with Crippen molar-refractivity contribution < 1.29 is 14.3 Å². The van der Waals surface area contributed by atoms with Crippen LogP contribution < -0.4 is 10.5 Å². The molecule has 3 heterocycles. The second kappa shape index (κ2) is 6.12. The van der Waals surface area contributed by atoms with Gasteiger partial charge >= 0.3 is 0 Å². The first-order valence-electron chi connectivity index (χ1n) is 8.77. The largest absolute Gasteiger partial charge is 0.468 e. The van der Waals surface area contributed by atoms with E-state index in [0.29, 0.717) is 19.4 Å². The van der Waals surface area contributed by atoms with Gasteiger partial charge in [0.1, 0.15) is 11.7 Å². The summed E-state index contributed by atoms with van der Waals surface area (Å²) < 4.78 is 6.23. The van der Waals surface area contributed by atoms with Gasteiger partial charge in [0.05, 0.1) is 0 Å². The number of ether oxygens (including phenoxy) is 1. The molecule has 3 unspecified atom stereocenters. The highest BCUT2D eigenvalue weighted by Gasteiger charge is 2.55. The van der Waals surface area contributed by atoms with Crippen LogP contribution in [-0.2, 0) is 16.0 Å². The first kappa shape index (κ1) is 16.6. The number of benzene rings is 1. The molecule has 26 heavy (non-hydrogen) atoms. The molecule has 1 fully saturated rings. The van der Waals surface area contributed by atoms with Gasteiger partial charge in [-0.1, -0.05) is 18.2 Å². The van der Waals surface area contributed by atoms with Crippen LogP contribution in [0.15, 0.2) is 48.8 Å². The Morgan fingerprint density at radius 1 is 1.31 bits per heavy atom. The third-order valence-corrected chi connectivity index (χ3v) is 5.43. The third-order valence-electron chi connectivity index (χ3n) is 5.43. The summed E-state index contributed by atoms with van der Waals surface area (Å²) in [6.07, 6.45) is 4.67. The molecule has 6 heteroatoms. The van der Waals surface area contributed by atoms with Crippen molar-refractivity contribution in [2.45, 2.75) is 31.4 Å². The maximum atomic E-state index is 13.1. The average Bonchev–Trinajstić information content (AvgIpc) is 2.61. The Morgan fingerprint density at radius 3 is 2.77 bits per heavy atom. The number of pyridine rings is 1. The number of carbonyl (C=O) groups is 2. The summed E-state index contributed by atoms with van der Waals surface area (Å²) in [6.45, 7) is 2.37. The molecule has 1 aromatic carbocycles. The number of hydrogen-bond donors (Lipinski definition) is 1. The van der Waals surface area contributed by atoms with Crippen molar-refractivity contribution in [3.05, 3.63) is 59.9 Å². The van der Waals surface area contributed by atoms with Crippen LogP contribution in [0.2, 0.25) is 0 Å². The van der Waals surface area contributed by atoms with Crippen molar-refractivity contribution in [1.29, 1.82) is 0 Å². The molecule has 2 aliphatic rings. The molecule has 2 aromatic rings. The fraction of sp³-hybridized carbons (Fsp3) is 0.350. The second-order valence-corrected chi connectivity index (χ2v) is 7.10. The van der Waals surface area contributed by atoms with E-state index >= 15 is 0 Å². The van der Waals surface area contributed by atoms with Crippen LogP contribution in [0, 0.1) is 5.92 Å². The molecular formula is C20H21N3O3. The second-order valence-electron chi connectivity index (χ2n) is 7.10. The van der Waals surface area contributed by atoms with Crippen molar-refractivity contribution >= 4 is 11.8 Å². The number of rotatable bonds is 4. The third kappa shape index (κ3) is 2.62. The van der Waals surface area contributed by atoms with Gasteiger partial charge in [-0.3, -0.25) is 14.6 Å². The summed E-state index contributed by atoms with van der Waals surface area (Å²) >= 11 is 0. The smallest absolute Gasteiger partial charge is 0.238 e. The zero-order valence-electron chi connectivity index (χ0n) is 14.6. The highest BCUT2D eigenvalue weighted by atomic mass is 16.5. The molecule has 0 radical (unpaired) electrons. The molecule has 134 valence electrons. The van der Waals surface area contributed by atoms with Crippen LogP contribution in [0.5, 0.6) is 5.75 Å². The molecule has 2 aliphatic heterocycles. The average molecular weight is 351 g/mol. The fourth-order valence-electron chi connectivity index (χ4n) is 4.17. The molecule has 6 nitrogen and oxygen atoms in total. The minimum atomic E-state index is -0.856. The topological polar surface area (TPSA) is 85.5 Å². The minimum Gasteiger partial charge on any atom is -0.468 e. The number of piperidine rings is 1. The highest BCUT2D eigenvalue weighted by molar-refractivity contribution is 6.01.